The average molecular weight is 256 g/mol. The molecule has 2 atom stereocenters. The number of Topliss-reactive ketones (excluding diaryl/α,β-unsaturated/α-hetero) is 1. The number of halogens is 1. The van der Waals surface area contributed by atoms with Gasteiger partial charge in [0, 0.05) is 23.3 Å². The summed E-state index contributed by atoms with van der Waals surface area (Å²) in [6.45, 7) is 2.96. The van der Waals surface area contributed by atoms with Gasteiger partial charge in [0.1, 0.15) is 5.78 Å². The van der Waals surface area contributed by atoms with Crippen LogP contribution in [-0.4, -0.2) is 16.7 Å². The molecule has 0 spiro atoms. The lowest BCUT2D eigenvalue weighted by atomic mass is 9.88. The first kappa shape index (κ1) is 13.6. The Morgan fingerprint density at radius 2 is 1.94 bits per heavy atom. The van der Waals surface area contributed by atoms with Crippen LogP contribution in [0, 0.1) is 10.1 Å². The Labute approximate surface area is 105 Å². The quantitative estimate of drug-likeness (QED) is 0.600. The summed E-state index contributed by atoms with van der Waals surface area (Å²) in [6, 6.07) is 6.03. The normalized spacial score (nSPS) is 14.1. The van der Waals surface area contributed by atoms with Gasteiger partial charge in [0.2, 0.25) is 6.04 Å². The second-order valence-corrected chi connectivity index (χ2v) is 4.53. The van der Waals surface area contributed by atoms with Crippen LogP contribution in [0.2, 0.25) is 5.02 Å². The monoisotopic (exact) mass is 255 g/mol. The standard InChI is InChI=1S/C12H14ClNO3/c1-8(15)7-12(9(2)14(16)17)10-3-5-11(13)6-4-10/h3-6,9,12H,7H2,1-2H3/t9-,12+/m0/s1. The molecule has 0 amide bonds. The van der Waals surface area contributed by atoms with E-state index in [1.54, 1.807) is 24.3 Å². The van der Waals surface area contributed by atoms with Crippen LogP contribution in [0.4, 0.5) is 0 Å². The highest BCUT2D eigenvalue weighted by Gasteiger charge is 2.29. The van der Waals surface area contributed by atoms with Gasteiger partial charge in [-0.15, -0.1) is 0 Å². The van der Waals surface area contributed by atoms with Crippen LogP contribution in [0.15, 0.2) is 24.3 Å². The number of nitro groups is 1. The van der Waals surface area contributed by atoms with Crippen molar-refractivity contribution in [2.24, 2.45) is 0 Å². The molecule has 0 bridgehead atoms. The van der Waals surface area contributed by atoms with Gasteiger partial charge in [-0.1, -0.05) is 23.7 Å². The molecule has 1 rings (SSSR count). The van der Waals surface area contributed by atoms with Crippen molar-refractivity contribution in [2.45, 2.75) is 32.2 Å². The van der Waals surface area contributed by atoms with Crippen LogP contribution >= 0.6 is 11.6 Å². The number of benzene rings is 1. The molecule has 0 aliphatic rings. The molecule has 0 heterocycles. The molecule has 4 nitrogen and oxygen atoms in total. The van der Waals surface area contributed by atoms with Gasteiger partial charge in [-0.05, 0) is 24.6 Å². The summed E-state index contributed by atoms with van der Waals surface area (Å²) in [4.78, 5) is 21.6. The molecule has 92 valence electrons. The fraction of sp³-hybridized carbons (Fsp3) is 0.417. The van der Waals surface area contributed by atoms with E-state index in [9.17, 15) is 14.9 Å². The number of ketones is 1. The summed E-state index contributed by atoms with van der Waals surface area (Å²) in [7, 11) is 0. The maximum Gasteiger partial charge on any atom is 0.217 e. The smallest absolute Gasteiger partial charge is 0.217 e. The molecule has 1 aromatic rings. The van der Waals surface area contributed by atoms with Gasteiger partial charge in [-0.3, -0.25) is 10.1 Å². The third kappa shape index (κ3) is 3.82. The van der Waals surface area contributed by atoms with E-state index in [1.165, 1.54) is 13.8 Å². The zero-order valence-corrected chi connectivity index (χ0v) is 10.5. The summed E-state index contributed by atoms with van der Waals surface area (Å²) < 4.78 is 0. The molecule has 0 radical (unpaired) electrons. The molecule has 5 heteroatoms. The molecule has 0 aromatic heterocycles. The maximum atomic E-state index is 11.2. The van der Waals surface area contributed by atoms with Crippen molar-refractivity contribution < 1.29 is 9.72 Å². The van der Waals surface area contributed by atoms with Gasteiger partial charge in [0.15, 0.2) is 0 Å². The topological polar surface area (TPSA) is 60.2 Å². The van der Waals surface area contributed by atoms with Gasteiger partial charge in [-0.2, -0.15) is 0 Å². The zero-order chi connectivity index (χ0) is 13.0. The molecular weight excluding hydrogens is 242 g/mol. The van der Waals surface area contributed by atoms with Crippen molar-refractivity contribution in [2.75, 3.05) is 0 Å². The lowest BCUT2D eigenvalue weighted by Gasteiger charge is -2.17. The summed E-state index contributed by atoms with van der Waals surface area (Å²) in [6.07, 6.45) is 0.170. The van der Waals surface area contributed by atoms with Crippen LogP contribution in [0.25, 0.3) is 0 Å². The zero-order valence-electron chi connectivity index (χ0n) is 9.72. The van der Waals surface area contributed by atoms with Gasteiger partial charge in [0.25, 0.3) is 0 Å². The van der Waals surface area contributed by atoms with E-state index in [2.05, 4.69) is 0 Å². The van der Waals surface area contributed by atoms with Gasteiger partial charge in [0.05, 0.1) is 5.92 Å². The van der Waals surface area contributed by atoms with E-state index >= 15 is 0 Å². The van der Waals surface area contributed by atoms with Crippen molar-refractivity contribution in [1.29, 1.82) is 0 Å². The van der Waals surface area contributed by atoms with Gasteiger partial charge in [-0.25, -0.2) is 0 Å². The predicted molar refractivity (Wildman–Crippen MR) is 65.9 cm³/mol. The number of hydrogen-bond acceptors (Lipinski definition) is 3. The molecule has 0 aliphatic heterocycles. The Balaban J connectivity index is 3.01. The molecule has 0 saturated carbocycles. The first-order chi connectivity index (χ1) is 7.91. The molecule has 0 fully saturated rings. The fourth-order valence-corrected chi connectivity index (χ4v) is 1.86. The van der Waals surface area contributed by atoms with Crippen molar-refractivity contribution in [3.05, 3.63) is 45.0 Å². The van der Waals surface area contributed by atoms with E-state index in [-0.39, 0.29) is 17.1 Å². The van der Waals surface area contributed by atoms with Crippen LogP contribution < -0.4 is 0 Å². The van der Waals surface area contributed by atoms with Crippen LogP contribution in [0.1, 0.15) is 31.7 Å². The molecule has 1 aromatic carbocycles. The minimum atomic E-state index is -0.792. The van der Waals surface area contributed by atoms with Crippen LogP contribution in [-0.2, 0) is 4.79 Å². The average Bonchev–Trinajstić information content (AvgIpc) is 2.26. The summed E-state index contributed by atoms with van der Waals surface area (Å²) in [5, 5.41) is 11.4. The Bertz CT molecular complexity index is 416. The Morgan fingerprint density at radius 1 is 1.41 bits per heavy atom. The van der Waals surface area contributed by atoms with Gasteiger partial charge >= 0.3 is 0 Å². The predicted octanol–water partition coefficient (Wildman–Crippen LogP) is 3.07. The lowest BCUT2D eigenvalue weighted by molar-refractivity contribution is -0.522. The van der Waals surface area contributed by atoms with E-state index in [1.807, 2.05) is 0 Å². The molecule has 0 unspecified atom stereocenters. The van der Waals surface area contributed by atoms with Crippen molar-refractivity contribution in [3.63, 3.8) is 0 Å². The molecule has 0 saturated heterocycles. The molecule has 0 N–H and O–H groups in total. The van der Waals surface area contributed by atoms with Gasteiger partial charge < -0.3 is 4.79 Å². The number of carbonyl (C=O) groups is 1. The second-order valence-electron chi connectivity index (χ2n) is 4.09. The van der Waals surface area contributed by atoms with Crippen molar-refractivity contribution >= 4 is 17.4 Å². The van der Waals surface area contributed by atoms with Crippen LogP contribution in [0.5, 0.6) is 0 Å². The first-order valence-corrected chi connectivity index (χ1v) is 5.68. The van der Waals surface area contributed by atoms with Crippen molar-refractivity contribution in [1.82, 2.24) is 0 Å². The minimum Gasteiger partial charge on any atom is -0.300 e. The number of carbonyl (C=O) groups excluding carboxylic acids is 1. The highest BCUT2D eigenvalue weighted by atomic mass is 35.5. The highest BCUT2D eigenvalue weighted by molar-refractivity contribution is 6.30. The maximum absolute atomic E-state index is 11.2. The minimum absolute atomic E-state index is 0.0568. The second kappa shape index (κ2) is 5.77. The largest absolute Gasteiger partial charge is 0.300 e. The Hall–Kier alpha value is -1.42. The number of rotatable bonds is 5. The lowest BCUT2D eigenvalue weighted by Crippen LogP contribution is -2.25. The number of nitrogens with zero attached hydrogens (tertiary/aromatic N) is 1. The molecular formula is C12H14ClNO3. The van der Waals surface area contributed by atoms with Crippen molar-refractivity contribution in [3.8, 4) is 0 Å². The summed E-state index contributed by atoms with van der Waals surface area (Å²) in [5.41, 5.74) is 0.772. The Morgan fingerprint density at radius 3 is 2.35 bits per heavy atom. The first-order valence-electron chi connectivity index (χ1n) is 5.30. The summed E-state index contributed by atoms with van der Waals surface area (Å²) in [5.74, 6) is -0.460. The Kier molecular flexibility index (Phi) is 4.63. The van der Waals surface area contributed by atoms with Crippen LogP contribution in [0.3, 0.4) is 0 Å². The fourth-order valence-electron chi connectivity index (χ4n) is 1.73. The third-order valence-electron chi connectivity index (χ3n) is 2.72. The highest BCUT2D eigenvalue weighted by Crippen LogP contribution is 2.26. The van der Waals surface area contributed by atoms with E-state index in [0.717, 1.165) is 5.56 Å². The SMILES string of the molecule is CC(=O)C[C@@H](c1ccc(Cl)cc1)[C@H](C)[N+](=O)[O-]. The third-order valence-corrected chi connectivity index (χ3v) is 2.97. The van der Waals surface area contributed by atoms with E-state index < -0.39 is 12.0 Å². The van der Waals surface area contributed by atoms with E-state index in [4.69, 9.17) is 11.6 Å². The summed E-state index contributed by atoms with van der Waals surface area (Å²) >= 11 is 5.76. The molecule has 17 heavy (non-hydrogen) atoms. The van der Waals surface area contributed by atoms with E-state index in [0.29, 0.717) is 5.02 Å². The number of hydrogen-bond donors (Lipinski definition) is 0. The molecule has 0 aliphatic carbocycles.